The van der Waals surface area contributed by atoms with Crippen molar-refractivity contribution in [2.45, 2.75) is 26.5 Å². The Kier molecular flexibility index (Phi) is 10.6. The maximum atomic E-state index is 13.1. The topological polar surface area (TPSA) is 39.7 Å². The number of rotatable bonds is 11. The molecule has 3 rings (SSSR count). The maximum absolute atomic E-state index is 13.1. The SMILES string of the molecule is CCOc1cc(CNCCc2ccccc2OC)cc(Cl)c1OCc1ccc(F)cc1.Cl. The van der Waals surface area contributed by atoms with Crippen LogP contribution in [0.1, 0.15) is 23.6 Å². The molecule has 7 heteroatoms. The molecule has 0 aliphatic heterocycles. The summed E-state index contributed by atoms with van der Waals surface area (Å²) in [6.45, 7) is 4.12. The first-order valence-electron chi connectivity index (χ1n) is 10.3. The van der Waals surface area contributed by atoms with Gasteiger partial charge in [-0.2, -0.15) is 0 Å². The monoisotopic (exact) mass is 479 g/mol. The van der Waals surface area contributed by atoms with Crippen LogP contribution >= 0.6 is 24.0 Å². The van der Waals surface area contributed by atoms with Gasteiger partial charge in [0.25, 0.3) is 0 Å². The summed E-state index contributed by atoms with van der Waals surface area (Å²) in [5.41, 5.74) is 3.01. The molecule has 3 aromatic carbocycles. The maximum Gasteiger partial charge on any atom is 0.180 e. The van der Waals surface area contributed by atoms with Crippen molar-refractivity contribution in [1.82, 2.24) is 5.32 Å². The molecule has 0 atom stereocenters. The van der Waals surface area contributed by atoms with Gasteiger partial charge in [0.2, 0.25) is 0 Å². The second-order valence-electron chi connectivity index (χ2n) is 6.99. The molecule has 32 heavy (non-hydrogen) atoms. The average molecular weight is 480 g/mol. The van der Waals surface area contributed by atoms with Crippen LogP contribution < -0.4 is 19.5 Å². The van der Waals surface area contributed by atoms with Gasteiger partial charge in [0.15, 0.2) is 11.5 Å². The lowest BCUT2D eigenvalue weighted by Gasteiger charge is -2.16. The molecular formula is C25H28Cl2FNO3. The number of ether oxygens (including phenoxy) is 3. The Balaban J connectivity index is 0.00000363. The lowest BCUT2D eigenvalue weighted by molar-refractivity contribution is 0.269. The molecule has 1 N–H and O–H groups in total. The van der Waals surface area contributed by atoms with Crippen LogP contribution in [0.25, 0.3) is 0 Å². The first-order chi connectivity index (χ1) is 15.1. The number of benzene rings is 3. The van der Waals surface area contributed by atoms with Gasteiger partial charge in [-0.25, -0.2) is 4.39 Å². The Hall–Kier alpha value is -2.47. The molecule has 0 unspecified atom stereocenters. The molecule has 0 aliphatic carbocycles. The van der Waals surface area contributed by atoms with Crippen LogP contribution in [-0.2, 0) is 19.6 Å². The highest BCUT2D eigenvalue weighted by Crippen LogP contribution is 2.37. The Labute approximate surface area is 200 Å². The van der Waals surface area contributed by atoms with Crippen molar-refractivity contribution < 1.29 is 18.6 Å². The quantitative estimate of drug-likeness (QED) is 0.331. The Morgan fingerprint density at radius 3 is 2.41 bits per heavy atom. The fraction of sp³-hybridized carbons (Fsp3) is 0.280. The summed E-state index contributed by atoms with van der Waals surface area (Å²) in [5.74, 6) is 1.71. The van der Waals surface area contributed by atoms with Crippen LogP contribution in [0.3, 0.4) is 0 Å². The smallest absolute Gasteiger partial charge is 0.180 e. The Bertz CT molecular complexity index is 983. The standard InChI is InChI=1S/C25H27ClFNO3.ClH/c1-3-30-24-15-19(16-28-13-12-20-6-4-5-7-23(20)29-2)14-22(26)25(24)31-17-18-8-10-21(27)11-9-18;/h4-11,14-15,28H,3,12-13,16-17H2,1-2H3;1H. The lowest BCUT2D eigenvalue weighted by atomic mass is 10.1. The van der Waals surface area contributed by atoms with Gasteiger partial charge < -0.3 is 19.5 Å². The molecule has 0 saturated carbocycles. The number of nitrogens with one attached hydrogen (secondary N) is 1. The molecule has 0 aliphatic rings. The summed E-state index contributed by atoms with van der Waals surface area (Å²) in [5, 5.41) is 3.92. The molecular weight excluding hydrogens is 452 g/mol. The summed E-state index contributed by atoms with van der Waals surface area (Å²) in [4.78, 5) is 0. The highest BCUT2D eigenvalue weighted by molar-refractivity contribution is 6.32. The molecule has 0 spiro atoms. The number of para-hydroxylation sites is 1. The first kappa shape index (κ1) is 25.8. The lowest BCUT2D eigenvalue weighted by Crippen LogP contribution is -2.17. The van der Waals surface area contributed by atoms with Crippen molar-refractivity contribution >= 4 is 24.0 Å². The van der Waals surface area contributed by atoms with Crippen LogP contribution in [0, 0.1) is 5.82 Å². The van der Waals surface area contributed by atoms with Crippen molar-refractivity contribution in [3.8, 4) is 17.2 Å². The Morgan fingerprint density at radius 1 is 0.938 bits per heavy atom. The molecule has 0 bridgehead atoms. The molecule has 0 fully saturated rings. The highest BCUT2D eigenvalue weighted by Gasteiger charge is 2.13. The van der Waals surface area contributed by atoms with Crippen LogP contribution in [-0.4, -0.2) is 20.3 Å². The van der Waals surface area contributed by atoms with Gasteiger partial charge >= 0.3 is 0 Å². The van der Waals surface area contributed by atoms with Crippen molar-refractivity contribution in [2.24, 2.45) is 0 Å². The third-order valence-corrected chi connectivity index (χ3v) is 5.04. The molecule has 0 amide bonds. The molecule has 3 aromatic rings. The van der Waals surface area contributed by atoms with E-state index in [9.17, 15) is 4.39 Å². The van der Waals surface area contributed by atoms with E-state index in [2.05, 4.69) is 11.4 Å². The number of hydrogen-bond acceptors (Lipinski definition) is 4. The minimum Gasteiger partial charge on any atom is -0.496 e. The molecule has 0 radical (unpaired) electrons. The summed E-state index contributed by atoms with van der Waals surface area (Å²) < 4.78 is 30.1. The van der Waals surface area contributed by atoms with Gasteiger partial charge in [0.1, 0.15) is 18.2 Å². The van der Waals surface area contributed by atoms with E-state index in [0.717, 1.165) is 35.4 Å². The largest absolute Gasteiger partial charge is 0.496 e. The molecule has 4 nitrogen and oxygen atoms in total. The third kappa shape index (κ3) is 7.30. The zero-order valence-corrected chi connectivity index (χ0v) is 19.8. The van der Waals surface area contributed by atoms with Gasteiger partial charge in [0, 0.05) is 6.54 Å². The second kappa shape index (κ2) is 13.2. The molecule has 0 aromatic heterocycles. The minimum atomic E-state index is -0.278. The zero-order chi connectivity index (χ0) is 22.1. The summed E-state index contributed by atoms with van der Waals surface area (Å²) >= 11 is 6.50. The van der Waals surface area contributed by atoms with E-state index in [1.807, 2.05) is 37.3 Å². The van der Waals surface area contributed by atoms with Crippen molar-refractivity contribution in [2.75, 3.05) is 20.3 Å². The zero-order valence-electron chi connectivity index (χ0n) is 18.2. The molecule has 172 valence electrons. The van der Waals surface area contributed by atoms with Crippen LogP contribution in [0.2, 0.25) is 5.02 Å². The summed E-state index contributed by atoms with van der Waals surface area (Å²) in [6.07, 6.45) is 0.856. The van der Waals surface area contributed by atoms with E-state index >= 15 is 0 Å². The molecule has 0 heterocycles. The van der Waals surface area contributed by atoms with E-state index in [1.54, 1.807) is 19.2 Å². The van der Waals surface area contributed by atoms with Crippen molar-refractivity contribution in [3.05, 3.63) is 88.2 Å². The third-order valence-electron chi connectivity index (χ3n) is 4.76. The van der Waals surface area contributed by atoms with E-state index in [4.69, 9.17) is 25.8 Å². The van der Waals surface area contributed by atoms with E-state index in [-0.39, 0.29) is 24.8 Å². The summed E-state index contributed by atoms with van der Waals surface area (Å²) in [7, 11) is 1.68. The second-order valence-corrected chi connectivity index (χ2v) is 7.40. The number of methoxy groups -OCH3 is 1. The van der Waals surface area contributed by atoms with Crippen LogP contribution in [0.5, 0.6) is 17.2 Å². The fourth-order valence-corrected chi connectivity index (χ4v) is 3.52. The van der Waals surface area contributed by atoms with Gasteiger partial charge in [-0.15, -0.1) is 12.4 Å². The molecule has 0 saturated heterocycles. The highest BCUT2D eigenvalue weighted by atomic mass is 35.5. The summed E-state index contributed by atoms with van der Waals surface area (Å²) in [6, 6.07) is 18.0. The van der Waals surface area contributed by atoms with E-state index < -0.39 is 0 Å². The Morgan fingerprint density at radius 2 is 1.69 bits per heavy atom. The predicted octanol–water partition coefficient (Wildman–Crippen LogP) is 6.22. The predicted molar refractivity (Wildman–Crippen MR) is 129 cm³/mol. The van der Waals surface area contributed by atoms with Crippen LogP contribution in [0.4, 0.5) is 4.39 Å². The van der Waals surface area contributed by atoms with Crippen molar-refractivity contribution in [3.63, 3.8) is 0 Å². The number of hydrogen-bond donors (Lipinski definition) is 1. The number of halogens is 3. The van der Waals surface area contributed by atoms with E-state index in [1.165, 1.54) is 12.1 Å². The van der Waals surface area contributed by atoms with Gasteiger partial charge in [-0.3, -0.25) is 0 Å². The van der Waals surface area contributed by atoms with Crippen molar-refractivity contribution in [1.29, 1.82) is 0 Å². The minimum absolute atomic E-state index is 0. The van der Waals surface area contributed by atoms with Gasteiger partial charge in [-0.1, -0.05) is 41.9 Å². The normalized spacial score (nSPS) is 10.4. The fourth-order valence-electron chi connectivity index (χ4n) is 3.23. The van der Waals surface area contributed by atoms with Gasteiger partial charge in [-0.05, 0) is 66.9 Å². The average Bonchev–Trinajstić information content (AvgIpc) is 2.78. The van der Waals surface area contributed by atoms with Gasteiger partial charge in [0.05, 0.1) is 18.7 Å². The van der Waals surface area contributed by atoms with Crippen LogP contribution in [0.15, 0.2) is 60.7 Å². The van der Waals surface area contributed by atoms with E-state index in [0.29, 0.717) is 29.7 Å². The first-order valence-corrected chi connectivity index (χ1v) is 10.6.